The Labute approximate surface area is 131 Å². The summed E-state index contributed by atoms with van der Waals surface area (Å²) in [5, 5.41) is 0.226. The van der Waals surface area contributed by atoms with E-state index in [0.29, 0.717) is 11.3 Å². The highest BCUT2D eigenvalue weighted by Gasteiger charge is 2.31. The van der Waals surface area contributed by atoms with Crippen LogP contribution in [0.15, 0.2) is 54.6 Å². The molecule has 1 heterocycles. The Balaban J connectivity index is 2.36. The van der Waals surface area contributed by atoms with E-state index in [1.54, 1.807) is 30.3 Å². The second-order valence-electron chi connectivity index (χ2n) is 5.19. The van der Waals surface area contributed by atoms with Gasteiger partial charge in [0.25, 0.3) is 0 Å². The molecule has 0 unspecified atom stereocenters. The Morgan fingerprint density at radius 1 is 0.957 bits per heavy atom. The van der Waals surface area contributed by atoms with Gasteiger partial charge in [0.05, 0.1) is 23.0 Å². The van der Waals surface area contributed by atoms with Gasteiger partial charge in [0.15, 0.2) is 0 Å². The van der Waals surface area contributed by atoms with E-state index in [1.807, 2.05) is 0 Å². The average molecular weight is 339 g/mol. The molecule has 0 saturated carbocycles. The van der Waals surface area contributed by atoms with Crippen molar-refractivity contribution in [2.24, 2.45) is 0 Å². The molecule has 7 heteroatoms. The van der Waals surface area contributed by atoms with Crippen LogP contribution in [-0.4, -0.2) is 18.6 Å². The molecule has 0 spiro atoms. The Hall–Kier alpha value is -2.28. The topological polar surface area (TPSA) is 39.1 Å². The van der Waals surface area contributed by atoms with Gasteiger partial charge in [0.1, 0.15) is 0 Å². The highest BCUT2D eigenvalue weighted by Crippen LogP contribution is 2.35. The van der Waals surface area contributed by atoms with E-state index in [4.69, 9.17) is 0 Å². The number of aromatic nitrogens is 1. The van der Waals surface area contributed by atoms with Crippen LogP contribution in [0.5, 0.6) is 0 Å². The highest BCUT2D eigenvalue weighted by atomic mass is 32.2. The van der Waals surface area contributed by atoms with Crippen molar-refractivity contribution in [2.75, 3.05) is 6.26 Å². The van der Waals surface area contributed by atoms with E-state index >= 15 is 0 Å². The van der Waals surface area contributed by atoms with E-state index < -0.39 is 21.8 Å². The molecule has 0 aliphatic heterocycles. The zero-order valence-electron chi connectivity index (χ0n) is 12.0. The standard InChI is InChI=1S/C16H12F3NO2S/c1-23(21,22)20-14-8-7-13(16(17,18)19)9-12(14)10-15(20)11-5-3-2-4-6-11/h2-10H,1H3. The fourth-order valence-electron chi connectivity index (χ4n) is 2.53. The zero-order chi connectivity index (χ0) is 16.8. The molecule has 3 nitrogen and oxygen atoms in total. The van der Waals surface area contributed by atoms with Crippen LogP contribution in [0, 0.1) is 0 Å². The summed E-state index contributed by atoms with van der Waals surface area (Å²) >= 11 is 0. The van der Waals surface area contributed by atoms with Crippen LogP contribution in [0.3, 0.4) is 0 Å². The SMILES string of the molecule is CS(=O)(=O)n1c(-c2ccccc2)cc2cc(C(F)(F)F)ccc21. The molecule has 3 aromatic rings. The molecule has 0 saturated heterocycles. The maximum Gasteiger partial charge on any atom is 0.416 e. The summed E-state index contributed by atoms with van der Waals surface area (Å²) in [5.41, 5.74) is 0.361. The molecule has 3 rings (SSSR count). The molecular weight excluding hydrogens is 327 g/mol. The average Bonchev–Trinajstić information content (AvgIpc) is 2.85. The van der Waals surface area contributed by atoms with Crippen LogP contribution in [0.4, 0.5) is 13.2 Å². The van der Waals surface area contributed by atoms with Gasteiger partial charge in [-0.25, -0.2) is 12.4 Å². The van der Waals surface area contributed by atoms with Gasteiger partial charge in [0.2, 0.25) is 10.0 Å². The van der Waals surface area contributed by atoms with Crippen LogP contribution < -0.4 is 0 Å². The van der Waals surface area contributed by atoms with Gasteiger partial charge in [0, 0.05) is 5.39 Å². The fraction of sp³-hybridized carbons (Fsp3) is 0.125. The van der Waals surface area contributed by atoms with Gasteiger partial charge in [-0.1, -0.05) is 30.3 Å². The molecule has 23 heavy (non-hydrogen) atoms. The predicted molar refractivity (Wildman–Crippen MR) is 82.6 cm³/mol. The van der Waals surface area contributed by atoms with Crippen LogP contribution in [0.1, 0.15) is 5.56 Å². The molecule has 0 atom stereocenters. The van der Waals surface area contributed by atoms with Crippen molar-refractivity contribution in [2.45, 2.75) is 6.18 Å². The number of benzene rings is 2. The molecule has 120 valence electrons. The molecule has 0 amide bonds. The van der Waals surface area contributed by atoms with Crippen molar-refractivity contribution in [3.8, 4) is 11.3 Å². The monoisotopic (exact) mass is 339 g/mol. The van der Waals surface area contributed by atoms with Crippen molar-refractivity contribution in [3.05, 3.63) is 60.2 Å². The van der Waals surface area contributed by atoms with E-state index in [1.165, 1.54) is 12.1 Å². The van der Waals surface area contributed by atoms with E-state index in [2.05, 4.69) is 0 Å². The minimum Gasteiger partial charge on any atom is -0.237 e. The van der Waals surface area contributed by atoms with Gasteiger partial charge in [-0.05, 0) is 29.8 Å². The first kappa shape index (κ1) is 15.6. The Morgan fingerprint density at radius 2 is 1.61 bits per heavy atom. The van der Waals surface area contributed by atoms with E-state index in [-0.39, 0.29) is 10.9 Å². The quantitative estimate of drug-likeness (QED) is 0.704. The van der Waals surface area contributed by atoms with Crippen LogP contribution >= 0.6 is 0 Å². The molecular formula is C16H12F3NO2S. The molecule has 0 N–H and O–H groups in total. The molecule has 2 aromatic carbocycles. The van der Waals surface area contributed by atoms with Crippen molar-refractivity contribution >= 4 is 20.9 Å². The van der Waals surface area contributed by atoms with E-state index in [9.17, 15) is 21.6 Å². The van der Waals surface area contributed by atoms with Crippen molar-refractivity contribution < 1.29 is 21.6 Å². The third kappa shape index (κ3) is 2.84. The number of rotatable bonds is 2. The van der Waals surface area contributed by atoms with Crippen molar-refractivity contribution in [3.63, 3.8) is 0 Å². The molecule has 0 aliphatic rings. The molecule has 0 radical (unpaired) electrons. The second kappa shape index (κ2) is 5.13. The normalized spacial score (nSPS) is 12.7. The summed E-state index contributed by atoms with van der Waals surface area (Å²) in [6, 6.07) is 13.2. The third-order valence-electron chi connectivity index (χ3n) is 3.49. The summed E-state index contributed by atoms with van der Waals surface area (Å²) in [7, 11) is -3.68. The number of hydrogen-bond acceptors (Lipinski definition) is 2. The van der Waals surface area contributed by atoms with Gasteiger partial charge < -0.3 is 0 Å². The number of nitrogens with zero attached hydrogens (tertiary/aromatic N) is 1. The summed E-state index contributed by atoms with van der Waals surface area (Å²) in [6.07, 6.45) is -3.45. The van der Waals surface area contributed by atoms with Crippen LogP contribution in [0.2, 0.25) is 0 Å². The molecule has 0 bridgehead atoms. The van der Waals surface area contributed by atoms with Crippen molar-refractivity contribution in [1.82, 2.24) is 3.97 Å². The highest BCUT2D eigenvalue weighted by molar-refractivity contribution is 7.89. The van der Waals surface area contributed by atoms with E-state index in [0.717, 1.165) is 22.4 Å². The lowest BCUT2D eigenvalue weighted by atomic mass is 10.1. The third-order valence-corrected chi connectivity index (χ3v) is 4.54. The summed E-state index contributed by atoms with van der Waals surface area (Å²) in [4.78, 5) is 0. The van der Waals surface area contributed by atoms with Gasteiger partial charge >= 0.3 is 6.18 Å². The number of halogens is 3. The summed E-state index contributed by atoms with van der Waals surface area (Å²) in [6.45, 7) is 0. The lowest BCUT2D eigenvalue weighted by Gasteiger charge is -2.09. The van der Waals surface area contributed by atoms with Crippen LogP contribution in [-0.2, 0) is 16.2 Å². The lowest BCUT2D eigenvalue weighted by Crippen LogP contribution is -2.11. The largest absolute Gasteiger partial charge is 0.416 e. The lowest BCUT2D eigenvalue weighted by molar-refractivity contribution is -0.137. The Bertz CT molecular complexity index is 974. The zero-order valence-corrected chi connectivity index (χ0v) is 12.8. The number of fused-ring (bicyclic) bond motifs is 1. The summed E-state index contributed by atoms with van der Waals surface area (Å²) < 4.78 is 63.9. The molecule has 0 aliphatic carbocycles. The van der Waals surface area contributed by atoms with Gasteiger partial charge in [-0.15, -0.1) is 0 Å². The van der Waals surface area contributed by atoms with Gasteiger partial charge in [-0.3, -0.25) is 0 Å². The maximum atomic E-state index is 12.9. The minimum absolute atomic E-state index is 0.222. The van der Waals surface area contributed by atoms with Crippen LogP contribution in [0.25, 0.3) is 22.2 Å². The van der Waals surface area contributed by atoms with Crippen molar-refractivity contribution in [1.29, 1.82) is 0 Å². The van der Waals surface area contributed by atoms with Gasteiger partial charge in [-0.2, -0.15) is 13.2 Å². The minimum atomic E-state index is -4.48. The predicted octanol–water partition coefficient (Wildman–Crippen LogP) is 4.13. The fourth-order valence-corrected chi connectivity index (χ4v) is 3.57. The molecule has 1 aromatic heterocycles. The first-order valence-electron chi connectivity index (χ1n) is 6.66. The molecule has 0 fully saturated rings. The second-order valence-corrected chi connectivity index (χ2v) is 7.03. The maximum absolute atomic E-state index is 12.9. The first-order chi connectivity index (χ1) is 10.7. The first-order valence-corrected chi connectivity index (χ1v) is 8.51. The smallest absolute Gasteiger partial charge is 0.237 e. The Kier molecular flexibility index (Phi) is 3.48. The number of hydrogen-bond donors (Lipinski definition) is 0. The summed E-state index contributed by atoms with van der Waals surface area (Å²) in [5.74, 6) is 0. The Morgan fingerprint density at radius 3 is 2.17 bits per heavy atom. The number of alkyl halides is 3.